The third-order valence-corrected chi connectivity index (χ3v) is 4.57. The zero-order chi connectivity index (χ0) is 20.1. The Labute approximate surface area is 158 Å². The highest BCUT2D eigenvalue weighted by atomic mass is 19.4. The molecule has 0 saturated carbocycles. The first-order valence-corrected chi connectivity index (χ1v) is 8.41. The summed E-state index contributed by atoms with van der Waals surface area (Å²) >= 11 is 0. The Balaban J connectivity index is 1.96. The maximum absolute atomic E-state index is 13.1. The molecule has 0 atom stereocenters. The first kappa shape index (κ1) is 18.1. The number of aromatic nitrogens is 3. The molecule has 0 spiro atoms. The summed E-state index contributed by atoms with van der Waals surface area (Å²) in [5, 5.41) is 0.510. The SMILES string of the molecule is COc1cc(C)c2nc(-c3ccc(OC)c4nc(C(F)(F)F)ccc34)[nH]c2c1. The zero-order valence-electron chi connectivity index (χ0n) is 15.3. The molecule has 2 aromatic heterocycles. The molecule has 0 aliphatic carbocycles. The fraction of sp³-hybridized carbons (Fsp3) is 0.200. The van der Waals surface area contributed by atoms with Gasteiger partial charge in [-0.25, -0.2) is 9.97 Å². The number of hydrogen-bond acceptors (Lipinski definition) is 4. The van der Waals surface area contributed by atoms with Gasteiger partial charge in [-0.1, -0.05) is 0 Å². The number of halogens is 3. The number of aromatic amines is 1. The van der Waals surface area contributed by atoms with Crippen LogP contribution in [-0.2, 0) is 6.18 Å². The summed E-state index contributed by atoms with van der Waals surface area (Å²) in [6, 6.07) is 9.39. The number of nitrogens with one attached hydrogen (secondary N) is 1. The quantitative estimate of drug-likeness (QED) is 0.530. The fourth-order valence-corrected chi connectivity index (χ4v) is 3.22. The lowest BCUT2D eigenvalue weighted by atomic mass is 10.1. The van der Waals surface area contributed by atoms with Gasteiger partial charge < -0.3 is 14.5 Å². The minimum absolute atomic E-state index is 0.129. The van der Waals surface area contributed by atoms with Crippen molar-refractivity contribution in [3.63, 3.8) is 0 Å². The molecule has 2 aromatic carbocycles. The van der Waals surface area contributed by atoms with Gasteiger partial charge in [-0.2, -0.15) is 13.2 Å². The van der Waals surface area contributed by atoms with Gasteiger partial charge in [0.05, 0.1) is 25.3 Å². The van der Waals surface area contributed by atoms with Crippen LogP contribution in [0.25, 0.3) is 33.3 Å². The second-order valence-corrected chi connectivity index (χ2v) is 6.33. The minimum Gasteiger partial charge on any atom is -0.497 e. The van der Waals surface area contributed by atoms with Crippen molar-refractivity contribution >= 4 is 21.9 Å². The summed E-state index contributed by atoms with van der Waals surface area (Å²) in [6.07, 6.45) is -4.54. The predicted molar refractivity (Wildman–Crippen MR) is 99.7 cm³/mol. The maximum atomic E-state index is 13.1. The Hall–Kier alpha value is -3.29. The van der Waals surface area contributed by atoms with Crippen molar-refractivity contribution in [2.24, 2.45) is 0 Å². The maximum Gasteiger partial charge on any atom is 0.433 e. The molecule has 0 fully saturated rings. The van der Waals surface area contributed by atoms with Crippen LogP contribution >= 0.6 is 0 Å². The van der Waals surface area contributed by atoms with Crippen molar-refractivity contribution in [1.82, 2.24) is 15.0 Å². The summed E-state index contributed by atoms with van der Waals surface area (Å²) in [5.41, 5.74) is 2.25. The van der Waals surface area contributed by atoms with Crippen molar-refractivity contribution in [3.05, 3.63) is 47.7 Å². The van der Waals surface area contributed by atoms with Gasteiger partial charge in [-0.15, -0.1) is 0 Å². The molecule has 1 N–H and O–H groups in total. The van der Waals surface area contributed by atoms with E-state index in [0.717, 1.165) is 22.7 Å². The number of pyridine rings is 1. The summed E-state index contributed by atoms with van der Waals surface area (Å²) in [5.74, 6) is 1.48. The standard InChI is InChI=1S/C20H16F3N3O2/c1-10-8-11(27-2)9-14-17(10)26-19(24-14)13-4-6-15(28-3)18-12(13)5-7-16(25-18)20(21,22)23/h4-9H,1-3H3,(H,24,26). The molecule has 0 aliphatic heterocycles. The van der Waals surface area contributed by atoms with E-state index in [1.165, 1.54) is 13.2 Å². The summed E-state index contributed by atoms with van der Waals surface area (Å²) < 4.78 is 49.8. The second-order valence-electron chi connectivity index (χ2n) is 6.33. The Bertz CT molecular complexity index is 1200. The van der Waals surface area contributed by atoms with Gasteiger partial charge in [0.15, 0.2) is 0 Å². The smallest absolute Gasteiger partial charge is 0.433 e. The van der Waals surface area contributed by atoms with Gasteiger partial charge in [-0.05, 0) is 42.8 Å². The summed E-state index contributed by atoms with van der Waals surface area (Å²) in [7, 11) is 2.98. The Morgan fingerprint density at radius 2 is 1.71 bits per heavy atom. The molecule has 28 heavy (non-hydrogen) atoms. The third kappa shape index (κ3) is 2.90. The zero-order valence-corrected chi connectivity index (χ0v) is 15.3. The molecule has 0 amide bonds. The highest BCUT2D eigenvalue weighted by Crippen LogP contribution is 2.36. The first-order valence-electron chi connectivity index (χ1n) is 8.41. The van der Waals surface area contributed by atoms with Crippen molar-refractivity contribution in [2.75, 3.05) is 14.2 Å². The van der Waals surface area contributed by atoms with E-state index >= 15 is 0 Å². The number of nitrogens with zero attached hydrogens (tertiary/aromatic N) is 2. The molecule has 144 valence electrons. The number of hydrogen-bond donors (Lipinski definition) is 1. The molecule has 2 heterocycles. The van der Waals surface area contributed by atoms with Gasteiger partial charge in [0.1, 0.15) is 28.5 Å². The number of imidazole rings is 1. The molecule has 4 aromatic rings. The lowest BCUT2D eigenvalue weighted by Crippen LogP contribution is -2.08. The van der Waals surface area contributed by atoms with E-state index in [0.29, 0.717) is 22.5 Å². The monoisotopic (exact) mass is 387 g/mol. The number of benzene rings is 2. The van der Waals surface area contributed by atoms with Crippen molar-refractivity contribution in [2.45, 2.75) is 13.1 Å². The third-order valence-electron chi connectivity index (χ3n) is 4.57. The predicted octanol–water partition coefficient (Wildman–Crippen LogP) is 5.12. The van der Waals surface area contributed by atoms with E-state index in [1.807, 2.05) is 19.1 Å². The van der Waals surface area contributed by atoms with Crippen LogP contribution in [0.5, 0.6) is 11.5 Å². The van der Waals surface area contributed by atoms with Gasteiger partial charge >= 0.3 is 6.18 Å². The summed E-state index contributed by atoms with van der Waals surface area (Å²) in [4.78, 5) is 11.6. The normalized spacial score (nSPS) is 11.9. The molecule has 0 radical (unpaired) electrons. The average molecular weight is 387 g/mol. The van der Waals surface area contributed by atoms with Gasteiger partial charge in [-0.3, -0.25) is 0 Å². The van der Waals surface area contributed by atoms with Crippen LogP contribution in [0.3, 0.4) is 0 Å². The number of ether oxygens (including phenoxy) is 2. The number of methoxy groups -OCH3 is 2. The fourth-order valence-electron chi connectivity index (χ4n) is 3.22. The van der Waals surface area contributed by atoms with Gasteiger partial charge in [0, 0.05) is 17.0 Å². The average Bonchev–Trinajstić information content (AvgIpc) is 3.10. The first-order chi connectivity index (χ1) is 13.3. The van der Waals surface area contributed by atoms with Crippen molar-refractivity contribution in [1.29, 1.82) is 0 Å². The van der Waals surface area contributed by atoms with Crippen molar-refractivity contribution < 1.29 is 22.6 Å². The van der Waals surface area contributed by atoms with E-state index < -0.39 is 11.9 Å². The molecule has 0 unspecified atom stereocenters. The molecule has 4 rings (SSSR count). The molecule has 5 nitrogen and oxygen atoms in total. The molecular weight excluding hydrogens is 371 g/mol. The number of aryl methyl sites for hydroxylation is 1. The van der Waals surface area contributed by atoms with Crippen LogP contribution < -0.4 is 9.47 Å². The Morgan fingerprint density at radius 1 is 0.929 bits per heavy atom. The van der Waals surface area contributed by atoms with Crippen LogP contribution in [0.15, 0.2) is 36.4 Å². The number of H-pyrrole nitrogens is 1. The van der Waals surface area contributed by atoms with Crippen molar-refractivity contribution in [3.8, 4) is 22.9 Å². The summed E-state index contributed by atoms with van der Waals surface area (Å²) in [6.45, 7) is 1.92. The van der Waals surface area contributed by atoms with Crippen LogP contribution in [0.1, 0.15) is 11.3 Å². The molecule has 0 saturated heterocycles. The number of fused-ring (bicyclic) bond motifs is 2. The topological polar surface area (TPSA) is 60.0 Å². The van der Waals surface area contributed by atoms with E-state index in [2.05, 4.69) is 15.0 Å². The highest BCUT2D eigenvalue weighted by molar-refractivity contribution is 5.98. The highest BCUT2D eigenvalue weighted by Gasteiger charge is 2.33. The van der Waals surface area contributed by atoms with E-state index in [4.69, 9.17) is 9.47 Å². The Morgan fingerprint density at radius 3 is 2.39 bits per heavy atom. The van der Waals surface area contributed by atoms with E-state index in [-0.39, 0.29) is 11.3 Å². The van der Waals surface area contributed by atoms with E-state index in [1.54, 1.807) is 19.2 Å². The number of rotatable bonds is 3. The molecular formula is C20H16F3N3O2. The Kier molecular flexibility index (Phi) is 4.14. The van der Waals surface area contributed by atoms with Gasteiger partial charge in [0.25, 0.3) is 0 Å². The lowest BCUT2D eigenvalue weighted by Gasteiger charge is -2.11. The molecule has 0 aliphatic rings. The van der Waals surface area contributed by atoms with Crippen LogP contribution in [0.4, 0.5) is 13.2 Å². The van der Waals surface area contributed by atoms with E-state index in [9.17, 15) is 13.2 Å². The minimum atomic E-state index is -4.54. The van der Waals surface area contributed by atoms with Crippen LogP contribution in [0, 0.1) is 6.92 Å². The van der Waals surface area contributed by atoms with Gasteiger partial charge in [0.2, 0.25) is 0 Å². The van der Waals surface area contributed by atoms with Crippen LogP contribution in [-0.4, -0.2) is 29.2 Å². The largest absolute Gasteiger partial charge is 0.497 e. The number of alkyl halides is 3. The molecule has 0 bridgehead atoms. The second kappa shape index (κ2) is 6.40. The van der Waals surface area contributed by atoms with Crippen LogP contribution in [0.2, 0.25) is 0 Å². The lowest BCUT2D eigenvalue weighted by molar-refractivity contribution is -0.140. The molecule has 8 heteroatoms.